The molecule has 30 heavy (non-hydrogen) atoms. The number of aliphatic imine (C=N–C) groups is 1. The maximum Gasteiger partial charge on any atom is 0.191 e. The first-order valence-electron chi connectivity index (χ1n) is 9.90. The van der Waals surface area contributed by atoms with E-state index in [-0.39, 0.29) is 24.0 Å². The highest BCUT2D eigenvalue weighted by Crippen LogP contribution is 2.15. The summed E-state index contributed by atoms with van der Waals surface area (Å²) in [5.41, 5.74) is 3.33. The van der Waals surface area contributed by atoms with Gasteiger partial charge >= 0.3 is 0 Å². The smallest absolute Gasteiger partial charge is 0.191 e. The number of benzene rings is 2. The fourth-order valence-electron chi connectivity index (χ4n) is 2.89. The number of aromatic amines is 1. The Morgan fingerprint density at radius 3 is 2.47 bits per heavy atom. The van der Waals surface area contributed by atoms with Crippen molar-refractivity contribution in [2.75, 3.05) is 20.2 Å². The van der Waals surface area contributed by atoms with Crippen LogP contribution in [0.1, 0.15) is 18.3 Å². The summed E-state index contributed by atoms with van der Waals surface area (Å²) in [5.74, 6) is 1.98. The highest BCUT2D eigenvalue weighted by atomic mass is 127. The van der Waals surface area contributed by atoms with Crippen LogP contribution in [0.5, 0.6) is 0 Å². The number of imidazole rings is 1. The summed E-state index contributed by atoms with van der Waals surface area (Å²) in [5, 5.41) is 6.64. The number of ether oxygens (including phenoxy) is 1. The SMILES string of the molecule is CN=C(NCc1ncc(-c2ccccc2)[nH]1)NCC(C)COCc1ccccc1.I. The van der Waals surface area contributed by atoms with Crippen molar-refractivity contribution >= 4 is 29.9 Å². The number of hydrogen-bond acceptors (Lipinski definition) is 3. The summed E-state index contributed by atoms with van der Waals surface area (Å²) in [4.78, 5) is 12.1. The first-order valence-corrected chi connectivity index (χ1v) is 9.90. The number of halogens is 1. The predicted molar refractivity (Wildman–Crippen MR) is 133 cm³/mol. The summed E-state index contributed by atoms with van der Waals surface area (Å²) >= 11 is 0. The van der Waals surface area contributed by atoms with Gasteiger partial charge in [0, 0.05) is 13.6 Å². The Balaban J connectivity index is 0.00000320. The van der Waals surface area contributed by atoms with Gasteiger partial charge in [-0.25, -0.2) is 4.98 Å². The van der Waals surface area contributed by atoms with Crippen LogP contribution < -0.4 is 10.6 Å². The number of hydrogen-bond donors (Lipinski definition) is 3. The zero-order chi connectivity index (χ0) is 20.3. The van der Waals surface area contributed by atoms with Crippen molar-refractivity contribution in [2.45, 2.75) is 20.1 Å². The molecule has 3 rings (SSSR count). The van der Waals surface area contributed by atoms with E-state index in [4.69, 9.17) is 4.74 Å². The van der Waals surface area contributed by atoms with Crippen LogP contribution in [0.2, 0.25) is 0 Å². The Bertz CT molecular complexity index is 883. The molecule has 6 nitrogen and oxygen atoms in total. The summed E-state index contributed by atoms with van der Waals surface area (Å²) in [6.07, 6.45) is 1.86. The zero-order valence-electron chi connectivity index (χ0n) is 17.5. The Hall–Kier alpha value is -2.39. The minimum Gasteiger partial charge on any atom is -0.376 e. The molecule has 0 bridgehead atoms. The Morgan fingerprint density at radius 1 is 1.07 bits per heavy atom. The molecule has 1 atom stereocenters. The lowest BCUT2D eigenvalue weighted by molar-refractivity contribution is 0.0931. The monoisotopic (exact) mass is 519 g/mol. The van der Waals surface area contributed by atoms with Gasteiger partial charge in [0.1, 0.15) is 5.82 Å². The van der Waals surface area contributed by atoms with Crippen LogP contribution in [0.15, 0.2) is 71.9 Å². The normalized spacial score (nSPS) is 12.1. The molecule has 3 N–H and O–H groups in total. The van der Waals surface area contributed by atoms with E-state index in [9.17, 15) is 0 Å². The molecule has 0 aliphatic rings. The minimum absolute atomic E-state index is 0. The van der Waals surface area contributed by atoms with Crippen LogP contribution in [-0.4, -0.2) is 36.1 Å². The molecule has 1 aromatic heterocycles. The summed E-state index contributed by atoms with van der Waals surface area (Å²) < 4.78 is 5.81. The third-order valence-corrected chi connectivity index (χ3v) is 4.49. The molecule has 0 spiro atoms. The topological polar surface area (TPSA) is 74.3 Å². The molecule has 0 saturated heterocycles. The van der Waals surface area contributed by atoms with Gasteiger partial charge in [0.05, 0.1) is 31.6 Å². The fourth-order valence-corrected chi connectivity index (χ4v) is 2.89. The number of H-pyrrole nitrogens is 1. The van der Waals surface area contributed by atoms with Crippen LogP contribution >= 0.6 is 24.0 Å². The van der Waals surface area contributed by atoms with E-state index in [1.54, 1.807) is 7.05 Å². The second-order valence-electron chi connectivity index (χ2n) is 7.02. The maximum absolute atomic E-state index is 5.81. The lowest BCUT2D eigenvalue weighted by atomic mass is 10.2. The zero-order valence-corrected chi connectivity index (χ0v) is 19.8. The van der Waals surface area contributed by atoms with E-state index >= 15 is 0 Å². The van der Waals surface area contributed by atoms with Crippen molar-refractivity contribution in [2.24, 2.45) is 10.9 Å². The molecule has 0 saturated carbocycles. The standard InChI is InChI=1S/C23H29N5O.HI/c1-18(16-29-17-19-9-5-3-6-10-19)13-26-23(24-2)27-15-22-25-14-21(28-22)20-11-7-4-8-12-20;/h3-12,14,18H,13,15-17H2,1-2H3,(H,25,28)(H2,24,26,27);1H. The van der Waals surface area contributed by atoms with Gasteiger partial charge in [0.2, 0.25) is 0 Å². The number of rotatable bonds is 9. The fraction of sp³-hybridized carbons (Fsp3) is 0.304. The van der Waals surface area contributed by atoms with Gasteiger partial charge in [-0.05, 0) is 17.0 Å². The molecular formula is C23H30IN5O. The Morgan fingerprint density at radius 2 is 1.77 bits per heavy atom. The first kappa shape index (κ1) is 23.9. The summed E-state index contributed by atoms with van der Waals surface area (Å²) in [6, 6.07) is 20.4. The molecule has 1 heterocycles. The van der Waals surface area contributed by atoms with Crippen LogP contribution in [0.25, 0.3) is 11.3 Å². The lowest BCUT2D eigenvalue weighted by Crippen LogP contribution is -2.39. The van der Waals surface area contributed by atoms with Crippen LogP contribution in [0.3, 0.4) is 0 Å². The molecule has 0 fully saturated rings. The maximum atomic E-state index is 5.81. The highest BCUT2D eigenvalue weighted by molar-refractivity contribution is 14.0. The summed E-state index contributed by atoms with van der Waals surface area (Å²) in [6.45, 7) is 4.84. The molecule has 0 aliphatic carbocycles. The highest BCUT2D eigenvalue weighted by Gasteiger charge is 2.07. The number of nitrogens with one attached hydrogen (secondary N) is 3. The van der Waals surface area contributed by atoms with Gasteiger partial charge in [-0.15, -0.1) is 24.0 Å². The molecule has 0 radical (unpaired) electrons. The number of nitrogens with zero attached hydrogens (tertiary/aromatic N) is 2. The van der Waals surface area contributed by atoms with Crippen LogP contribution in [0, 0.1) is 5.92 Å². The van der Waals surface area contributed by atoms with E-state index in [0.29, 0.717) is 25.7 Å². The molecule has 7 heteroatoms. The quantitative estimate of drug-likeness (QED) is 0.225. The van der Waals surface area contributed by atoms with E-state index in [2.05, 4.69) is 56.8 Å². The predicted octanol–water partition coefficient (Wildman–Crippen LogP) is 4.21. The van der Waals surface area contributed by atoms with Crippen LogP contribution in [0.4, 0.5) is 0 Å². The van der Waals surface area contributed by atoms with Crippen molar-refractivity contribution in [3.63, 3.8) is 0 Å². The largest absolute Gasteiger partial charge is 0.376 e. The lowest BCUT2D eigenvalue weighted by Gasteiger charge is -2.16. The van der Waals surface area contributed by atoms with Crippen molar-refractivity contribution in [1.29, 1.82) is 0 Å². The summed E-state index contributed by atoms with van der Waals surface area (Å²) in [7, 11) is 1.77. The van der Waals surface area contributed by atoms with Crippen molar-refractivity contribution in [1.82, 2.24) is 20.6 Å². The number of guanidine groups is 1. The van der Waals surface area contributed by atoms with E-state index in [1.165, 1.54) is 5.56 Å². The van der Waals surface area contributed by atoms with E-state index < -0.39 is 0 Å². The van der Waals surface area contributed by atoms with Gasteiger partial charge in [0.15, 0.2) is 5.96 Å². The van der Waals surface area contributed by atoms with Gasteiger partial charge < -0.3 is 20.4 Å². The van der Waals surface area contributed by atoms with Gasteiger partial charge in [-0.1, -0.05) is 67.6 Å². The first-order chi connectivity index (χ1) is 14.2. The minimum atomic E-state index is 0. The second-order valence-corrected chi connectivity index (χ2v) is 7.02. The van der Waals surface area contributed by atoms with Gasteiger partial charge in [-0.2, -0.15) is 0 Å². The molecule has 0 amide bonds. The molecular weight excluding hydrogens is 489 g/mol. The average Bonchev–Trinajstić information content (AvgIpc) is 3.24. The molecule has 160 valence electrons. The Labute approximate surface area is 195 Å². The third kappa shape index (κ3) is 7.79. The van der Waals surface area contributed by atoms with Crippen molar-refractivity contribution in [3.8, 4) is 11.3 Å². The molecule has 1 unspecified atom stereocenters. The third-order valence-electron chi connectivity index (χ3n) is 4.49. The van der Waals surface area contributed by atoms with Gasteiger partial charge in [0.25, 0.3) is 0 Å². The number of aromatic nitrogens is 2. The second kappa shape index (κ2) is 13.0. The van der Waals surface area contributed by atoms with Crippen molar-refractivity contribution < 1.29 is 4.74 Å². The van der Waals surface area contributed by atoms with E-state index in [1.807, 2.05) is 42.6 Å². The molecule has 2 aromatic carbocycles. The van der Waals surface area contributed by atoms with E-state index in [0.717, 1.165) is 29.6 Å². The van der Waals surface area contributed by atoms with Gasteiger partial charge in [-0.3, -0.25) is 4.99 Å². The van der Waals surface area contributed by atoms with Crippen molar-refractivity contribution in [3.05, 3.63) is 78.2 Å². The molecule has 3 aromatic rings. The Kier molecular flexibility index (Phi) is 10.4. The average molecular weight is 519 g/mol. The van der Waals surface area contributed by atoms with Crippen LogP contribution in [-0.2, 0) is 17.9 Å². The molecule has 0 aliphatic heterocycles.